The van der Waals surface area contributed by atoms with Crippen molar-refractivity contribution in [2.45, 2.75) is 19.8 Å². The maximum absolute atomic E-state index is 8.83. The number of aryl methyl sites for hydroxylation is 2. The second kappa shape index (κ2) is 6.58. The smallest absolute Gasteiger partial charge is 0.0558 e. The predicted octanol–water partition coefficient (Wildman–Crippen LogP) is 0.667. The Morgan fingerprint density at radius 3 is 2.80 bits per heavy atom. The summed E-state index contributed by atoms with van der Waals surface area (Å²) in [6.07, 6.45) is 6.17. The third-order valence-electron chi connectivity index (χ3n) is 2.56. The molecule has 1 aromatic rings. The molecular formula is C11H21N3O. The highest BCUT2D eigenvalue weighted by atomic mass is 16.3. The van der Waals surface area contributed by atoms with Crippen molar-refractivity contribution < 1.29 is 5.11 Å². The van der Waals surface area contributed by atoms with Gasteiger partial charge in [0, 0.05) is 19.8 Å². The first-order valence-electron chi connectivity index (χ1n) is 5.57. The molecule has 0 radical (unpaired) electrons. The zero-order chi connectivity index (χ0) is 11.1. The van der Waals surface area contributed by atoms with E-state index in [1.165, 1.54) is 5.56 Å². The summed E-state index contributed by atoms with van der Waals surface area (Å²) < 4.78 is 1.83. The summed E-state index contributed by atoms with van der Waals surface area (Å²) in [5, 5.41) is 13.0. The van der Waals surface area contributed by atoms with Crippen molar-refractivity contribution in [3.63, 3.8) is 0 Å². The molecule has 1 heterocycles. The highest BCUT2D eigenvalue weighted by Gasteiger charge is 2.01. The number of nitrogens with zero attached hydrogens (tertiary/aromatic N) is 3. The van der Waals surface area contributed by atoms with Crippen LogP contribution in [0.25, 0.3) is 0 Å². The van der Waals surface area contributed by atoms with Crippen LogP contribution in [0.5, 0.6) is 0 Å². The van der Waals surface area contributed by atoms with E-state index in [1.54, 1.807) is 0 Å². The number of likely N-dealkylation sites (N-methyl/N-ethyl adjacent to an activating group) is 1. The molecule has 0 aliphatic carbocycles. The minimum Gasteiger partial charge on any atom is -0.395 e. The molecule has 4 heteroatoms. The van der Waals surface area contributed by atoms with Gasteiger partial charge in [0.15, 0.2) is 0 Å². The molecule has 0 aromatic carbocycles. The Balaban J connectivity index is 2.20. The first-order valence-corrected chi connectivity index (χ1v) is 5.57. The van der Waals surface area contributed by atoms with Gasteiger partial charge in [-0.2, -0.15) is 5.10 Å². The third-order valence-corrected chi connectivity index (χ3v) is 2.56. The number of aliphatic hydroxyl groups excluding tert-OH is 1. The van der Waals surface area contributed by atoms with Crippen LogP contribution < -0.4 is 0 Å². The summed E-state index contributed by atoms with van der Waals surface area (Å²) in [4.78, 5) is 2.26. The molecule has 1 aromatic heterocycles. The molecule has 0 amide bonds. The molecule has 1 N–H and O–H groups in total. The van der Waals surface area contributed by atoms with Crippen molar-refractivity contribution in [2.24, 2.45) is 7.05 Å². The summed E-state index contributed by atoms with van der Waals surface area (Å²) in [6, 6.07) is 0. The van der Waals surface area contributed by atoms with Gasteiger partial charge >= 0.3 is 0 Å². The van der Waals surface area contributed by atoms with Gasteiger partial charge in [-0.25, -0.2) is 0 Å². The predicted molar refractivity (Wildman–Crippen MR) is 60.7 cm³/mol. The molecule has 0 fully saturated rings. The molecule has 0 bridgehead atoms. The van der Waals surface area contributed by atoms with E-state index in [0.717, 1.165) is 32.5 Å². The van der Waals surface area contributed by atoms with Gasteiger partial charge in [-0.15, -0.1) is 0 Å². The van der Waals surface area contributed by atoms with Crippen molar-refractivity contribution in [2.75, 3.05) is 26.2 Å². The Morgan fingerprint density at radius 1 is 1.47 bits per heavy atom. The highest BCUT2D eigenvalue weighted by Crippen LogP contribution is 2.02. The minimum absolute atomic E-state index is 0.251. The molecule has 0 unspecified atom stereocenters. The quantitative estimate of drug-likeness (QED) is 0.720. The largest absolute Gasteiger partial charge is 0.395 e. The standard InChI is InChI=1S/C11H21N3O/c1-3-14(7-8-15)6-4-5-11-9-12-13(2)10-11/h9-10,15H,3-8H2,1-2H3. The molecule has 0 saturated heterocycles. The molecule has 15 heavy (non-hydrogen) atoms. The summed E-state index contributed by atoms with van der Waals surface area (Å²) in [5.41, 5.74) is 1.29. The van der Waals surface area contributed by atoms with Crippen LogP contribution in [0, 0.1) is 0 Å². The van der Waals surface area contributed by atoms with Crippen molar-refractivity contribution in [3.05, 3.63) is 18.0 Å². The Hall–Kier alpha value is -0.870. The topological polar surface area (TPSA) is 41.3 Å². The molecule has 0 saturated carbocycles. The van der Waals surface area contributed by atoms with Gasteiger partial charge in [-0.1, -0.05) is 6.92 Å². The summed E-state index contributed by atoms with van der Waals surface area (Å²) in [6.45, 7) is 5.21. The summed E-state index contributed by atoms with van der Waals surface area (Å²) in [5.74, 6) is 0. The first kappa shape index (κ1) is 12.2. The molecular weight excluding hydrogens is 190 g/mol. The molecule has 0 atom stereocenters. The molecule has 4 nitrogen and oxygen atoms in total. The lowest BCUT2D eigenvalue weighted by Crippen LogP contribution is -2.27. The van der Waals surface area contributed by atoms with Crippen molar-refractivity contribution in [1.29, 1.82) is 0 Å². The van der Waals surface area contributed by atoms with E-state index < -0.39 is 0 Å². The lowest BCUT2D eigenvalue weighted by atomic mass is 10.2. The average molecular weight is 211 g/mol. The van der Waals surface area contributed by atoms with Crippen molar-refractivity contribution >= 4 is 0 Å². The normalized spacial score (nSPS) is 11.2. The average Bonchev–Trinajstić information content (AvgIpc) is 2.63. The Bertz CT molecular complexity index is 273. The lowest BCUT2D eigenvalue weighted by Gasteiger charge is -2.18. The van der Waals surface area contributed by atoms with E-state index in [4.69, 9.17) is 5.11 Å². The monoisotopic (exact) mass is 211 g/mol. The van der Waals surface area contributed by atoms with E-state index in [-0.39, 0.29) is 6.61 Å². The van der Waals surface area contributed by atoms with Gasteiger partial charge in [0.05, 0.1) is 12.8 Å². The second-order valence-electron chi connectivity index (χ2n) is 3.78. The van der Waals surface area contributed by atoms with Gasteiger partial charge in [0.25, 0.3) is 0 Å². The molecule has 0 aliphatic heterocycles. The Labute approximate surface area is 91.5 Å². The molecule has 0 spiro atoms. The van der Waals surface area contributed by atoms with E-state index in [2.05, 4.69) is 23.1 Å². The highest BCUT2D eigenvalue weighted by molar-refractivity contribution is 5.03. The zero-order valence-corrected chi connectivity index (χ0v) is 9.69. The van der Waals surface area contributed by atoms with Crippen LogP contribution in [0.4, 0.5) is 0 Å². The number of aromatic nitrogens is 2. The van der Waals surface area contributed by atoms with Crippen LogP contribution in [-0.4, -0.2) is 46.0 Å². The van der Waals surface area contributed by atoms with Gasteiger partial charge in [-0.05, 0) is 31.5 Å². The van der Waals surface area contributed by atoms with Crippen LogP contribution in [0.2, 0.25) is 0 Å². The van der Waals surface area contributed by atoms with Crippen LogP contribution in [0.3, 0.4) is 0 Å². The van der Waals surface area contributed by atoms with Gasteiger partial charge in [-0.3, -0.25) is 4.68 Å². The van der Waals surface area contributed by atoms with E-state index >= 15 is 0 Å². The van der Waals surface area contributed by atoms with Crippen molar-refractivity contribution in [1.82, 2.24) is 14.7 Å². The maximum atomic E-state index is 8.83. The number of hydrogen-bond donors (Lipinski definition) is 1. The SMILES string of the molecule is CCN(CCO)CCCc1cnn(C)c1. The number of hydrogen-bond acceptors (Lipinski definition) is 3. The van der Waals surface area contributed by atoms with Crippen LogP contribution in [-0.2, 0) is 13.5 Å². The van der Waals surface area contributed by atoms with E-state index in [0.29, 0.717) is 0 Å². The Kier molecular flexibility index (Phi) is 5.36. The molecule has 1 rings (SSSR count). The summed E-state index contributed by atoms with van der Waals surface area (Å²) in [7, 11) is 1.94. The van der Waals surface area contributed by atoms with Gasteiger partial charge < -0.3 is 10.0 Å². The van der Waals surface area contributed by atoms with Crippen LogP contribution in [0.1, 0.15) is 18.9 Å². The fourth-order valence-corrected chi connectivity index (χ4v) is 1.68. The first-order chi connectivity index (χ1) is 7.26. The minimum atomic E-state index is 0.251. The van der Waals surface area contributed by atoms with Crippen molar-refractivity contribution in [3.8, 4) is 0 Å². The number of rotatable bonds is 7. The fourth-order valence-electron chi connectivity index (χ4n) is 1.68. The second-order valence-corrected chi connectivity index (χ2v) is 3.78. The van der Waals surface area contributed by atoms with E-state index in [1.807, 2.05) is 17.9 Å². The van der Waals surface area contributed by atoms with Crippen LogP contribution >= 0.6 is 0 Å². The van der Waals surface area contributed by atoms with E-state index in [9.17, 15) is 0 Å². The van der Waals surface area contributed by atoms with Gasteiger partial charge in [0.1, 0.15) is 0 Å². The maximum Gasteiger partial charge on any atom is 0.0558 e. The zero-order valence-electron chi connectivity index (χ0n) is 9.69. The fraction of sp³-hybridized carbons (Fsp3) is 0.727. The lowest BCUT2D eigenvalue weighted by molar-refractivity contribution is 0.200. The molecule has 86 valence electrons. The van der Waals surface area contributed by atoms with Crippen LogP contribution in [0.15, 0.2) is 12.4 Å². The third kappa shape index (κ3) is 4.44. The molecule has 0 aliphatic rings. The Morgan fingerprint density at radius 2 is 2.27 bits per heavy atom. The number of aliphatic hydroxyl groups is 1. The van der Waals surface area contributed by atoms with Gasteiger partial charge in [0.2, 0.25) is 0 Å². The summed E-state index contributed by atoms with van der Waals surface area (Å²) >= 11 is 0.